The van der Waals surface area contributed by atoms with Gasteiger partial charge in [-0.2, -0.15) is 0 Å². The molecule has 5 aromatic rings. The van der Waals surface area contributed by atoms with Crippen molar-refractivity contribution >= 4 is 38.7 Å². The van der Waals surface area contributed by atoms with Gasteiger partial charge in [-0.15, -0.1) is 0 Å². The fourth-order valence-electron chi connectivity index (χ4n) is 4.32. The summed E-state index contributed by atoms with van der Waals surface area (Å²) in [6, 6.07) is 15.8. The van der Waals surface area contributed by atoms with Crippen LogP contribution in [-0.2, 0) is 11.3 Å². The number of benzene rings is 3. The first-order valence-electron chi connectivity index (χ1n) is 11.2. The molecule has 0 amide bonds. The molecule has 3 aromatic carbocycles. The van der Waals surface area contributed by atoms with Crippen molar-refractivity contribution in [3.8, 4) is 22.8 Å². The second kappa shape index (κ2) is 9.11. The number of ether oxygens (including phenoxy) is 2. The van der Waals surface area contributed by atoms with E-state index in [0.717, 1.165) is 58.2 Å². The molecule has 0 atom stereocenters. The number of H-pyrrole nitrogens is 1. The maximum absolute atomic E-state index is 13.1. The molecule has 1 aliphatic heterocycles. The van der Waals surface area contributed by atoms with Crippen LogP contribution in [0.1, 0.15) is 13.3 Å². The molecule has 0 aliphatic carbocycles. The Morgan fingerprint density at radius 3 is 2.66 bits per heavy atom. The van der Waals surface area contributed by atoms with Gasteiger partial charge in [0.15, 0.2) is 11.5 Å². The van der Waals surface area contributed by atoms with E-state index in [-0.39, 0.29) is 12.4 Å². The zero-order valence-electron chi connectivity index (χ0n) is 19.1. The van der Waals surface area contributed by atoms with Gasteiger partial charge in [-0.25, -0.2) is 4.98 Å². The van der Waals surface area contributed by atoms with Crippen LogP contribution in [0.5, 0.6) is 11.5 Å². The fraction of sp³-hybridized carbons (Fsp3) is 0.192. The minimum Gasteiger partial charge on any atom is -0.481 e. The summed E-state index contributed by atoms with van der Waals surface area (Å²) in [4.78, 5) is 29.9. The molecule has 0 saturated carbocycles. The first kappa shape index (κ1) is 22.4. The summed E-state index contributed by atoms with van der Waals surface area (Å²) in [7, 11) is 0. The predicted octanol–water partition coefficient (Wildman–Crippen LogP) is 3.87. The fourth-order valence-corrected chi connectivity index (χ4v) is 4.32. The molecule has 0 saturated heterocycles. The van der Waals surface area contributed by atoms with Crippen LogP contribution >= 0.6 is 0 Å². The molecule has 9 heteroatoms. The molecule has 35 heavy (non-hydrogen) atoms. The molecular weight excluding hydrogens is 448 g/mol. The summed E-state index contributed by atoms with van der Waals surface area (Å²) < 4.78 is 13.3. The molecule has 0 fully saturated rings. The Labute approximate surface area is 199 Å². The van der Waals surface area contributed by atoms with Gasteiger partial charge in [-0.3, -0.25) is 9.59 Å². The number of carbonyl (C=O) groups is 1. The number of rotatable bonds is 4. The third kappa shape index (κ3) is 4.17. The highest BCUT2D eigenvalue weighted by atomic mass is 16.7. The number of nitrogens with zero attached hydrogens (tertiary/aromatic N) is 2. The molecule has 3 heterocycles. The van der Waals surface area contributed by atoms with E-state index in [0.29, 0.717) is 23.7 Å². The molecule has 9 nitrogen and oxygen atoms in total. The van der Waals surface area contributed by atoms with E-state index in [2.05, 4.69) is 9.55 Å². The van der Waals surface area contributed by atoms with E-state index in [1.54, 1.807) is 0 Å². The summed E-state index contributed by atoms with van der Waals surface area (Å²) in [5.41, 5.74) is 9.13. The Morgan fingerprint density at radius 1 is 1.14 bits per heavy atom. The molecule has 6 rings (SSSR count). The zero-order chi connectivity index (χ0) is 24.5. The molecule has 0 bridgehead atoms. The van der Waals surface area contributed by atoms with Gasteiger partial charge in [0.2, 0.25) is 6.79 Å². The van der Waals surface area contributed by atoms with E-state index in [4.69, 9.17) is 30.1 Å². The van der Waals surface area contributed by atoms with Crippen molar-refractivity contribution in [2.45, 2.75) is 19.9 Å². The molecule has 2 aromatic heterocycles. The van der Waals surface area contributed by atoms with Crippen molar-refractivity contribution < 1.29 is 19.4 Å². The topological polar surface area (TPSA) is 132 Å². The average molecular weight is 473 g/mol. The van der Waals surface area contributed by atoms with Crippen molar-refractivity contribution in [3.05, 3.63) is 65.1 Å². The minimum atomic E-state index is -0.833. The second-order valence-corrected chi connectivity index (χ2v) is 8.22. The van der Waals surface area contributed by atoms with Gasteiger partial charge in [0.1, 0.15) is 5.69 Å². The lowest BCUT2D eigenvalue weighted by atomic mass is 10.1. The number of carboxylic acids is 1. The lowest BCUT2D eigenvalue weighted by molar-refractivity contribution is -0.134. The van der Waals surface area contributed by atoms with Crippen molar-refractivity contribution in [1.29, 1.82) is 0 Å². The summed E-state index contributed by atoms with van der Waals surface area (Å²) in [6.45, 7) is 2.60. The van der Waals surface area contributed by atoms with Crippen LogP contribution in [0.4, 0.5) is 0 Å². The Morgan fingerprint density at radius 2 is 1.89 bits per heavy atom. The quantitative estimate of drug-likeness (QED) is 0.338. The third-order valence-corrected chi connectivity index (χ3v) is 5.82. The van der Waals surface area contributed by atoms with Crippen LogP contribution in [0.2, 0.25) is 0 Å². The number of nitrogens with two attached hydrogens (primary N) is 1. The summed E-state index contributed by atoms with van der Waals surface area (Å²) in [6.07, 6.45) is 2.80. The first-order valence-corrected chi connectivity index (χ1v) is 11.2. The van der Waals surface area contributed by atoms with E-state index in [1.807, 2.05) is 54.7 Å². The summed E-state index contributed by atoms with van der Waals surface area (Å²) in [5.74, 6) is 0.547. The van der Waals surface area contributed by atoms with E-state index < -0.39 is 5.97 Å². The molecule has 178 valence electrons. The standard InChI is InChI=1S/C24H20N4O3.C2H4O2/c25-8-3-9-28-12-17(16-10-20-21(11-19(16)28)31-13-30-20)23-24(29)26-18-7-6-14-4-1-2-5-15(14)22(18)27-23;1-2(3)4/h1-2,4-7,10-12H,3,8-9,13,25H2,(H,26,29);1H3,(H,3,4). The van der Waals surface area contributed by atoms with E-state index in [9.17, 15) is 4.79 Å². The highest BCUT2D eigenvalue weighted by Crippen LogP contribution is 2.40. The number of nitrogens with one attached hydrogen (secondary N) is 1. The van der Waals surface area contributed by atoms with Crippen LogP contribution in [0.25, 0.3) is 44.0 Å². The minimum absolute atomic E-state index is 0.195. The third-order valence-electron chi connectivity index (χ3n) is 5.82. The van der Waals surface area contributed by atoms with E-state index >= 15 is 0 Å². The Bertz CT molecular complexity index is 1630. The van der Waals surface area contributed by atoms with Crippen molar-refractivity contribution in [2.75, 3.05) is 13.3 Å². The molecular formula is C26H24N4O5. The highest BCUT2D eigenvalue weighted by molar-refractivity contribution is 6.05. The lowest BCUT2D eigenvalue weighted by Gasteiger charge is -2.06. The Kier molecular flexibility index (Phi) is 5.84. The molecule has 0 unspecified atom stereocenters. The van der Waals surface area contributed by atoms with Gasteiger partial charge in [0, 0.05) is 42.1 Å². The van der Waals surface area contributed by atoms with Gasteiger partial charge in [0.25, 0.3) is 11.5 Å². The van der Waals surface area contributed by atoms with Gasteiger partial charge in [-0.05, 0) is 30.5 Å². The maximum atomic E-state index is 13.1. The van der Waals surface area contributed by atoms with E-state index in [1.165, 1.54) is 0 Å². The number of aliphatic carboxylic acids is 1. The van der Waals surface area contributed by atoms with Gasteiger partial charge < -0.3 is 29.9 Å². The maximum Gasteiger partial charge on any atom is 0.300 e. The largest absolute Gasteiger partial charge is 0.481 e. The van der Waals surface area contributed by atoms with Crippen LogP contribution in [0, 0.1) is 0 Å². The predicted molar refractivity (Wildman–Crippen MR) is 134 cm³/mol. The molecule has 0 spiro atoms. The highest BCUT2D eigenvalue weighted by Gasteiger charge is 2.21. The van der Waals surface area contributed by atoms with Crippen LogP contribution in [0.3, 0.4) is 0 Å². The average Bonchev–Trinajstić information content (AvgIpc) is 3.44. The number of hydrogen-bond acceptors (Lipinski definition) is 6. The monoisotopic (exact) mass is 472 g/mol. The van der Waals surface area contributed by atoms with Crippen molar-refractivity contribution in [2.24, 2.45) is 5.73 Å². The van der Waals surface area contributed by atoms with Gasteiger partial charge >= 0.3 is 0 Å². The molecule has 1 aliphatic rings. The van der Waals surface area contributed by atoms with Gasteiger partial charge in [0.05, 0.1) is 16.6 Å². The summed E-state index contributed by atoms with van der Waals surface area (Å²) in [5, 5.41) is 10.4. The first-order chi connectivity index (χ1) is 17.0. The molecule has 4 N–H and O–H groups in total. The lowest BCUT2D eigenvalue weighted by Crippen LogP contribution is -2.11. The van der Waals surface area contributed by atoms with Crippen LogP contribution in [0.15, 0.2) is 59.5 Å². The Hall–Kier alpha value is -4.37. The normalized spacial score (nSPS) is 12.2. The molecule has 0 radical (unpaired) electrons. The Balaban J connectivity index is 0.000000591. The second-order valence-electron chi connectivity index (χ2n) is 8.22. The smallest absolute Gasteiger partial charge is 0.300 e. The number of aryl methyl sites for hydroxylation is 1. The van der Waals surface area contributed by atoms with Crippen LogP contribution < -0.4 is 20.8 Å². The van der Waals surface area contributed by atoms with Crippen molar-refractivity contribution in [1.82, 2.24) is 14.5 Å². The number of aromatic nitrogens is 3. The zero-order valence-corrected chi connectivity index (χ0v) is 19.1. The summed E-state index contributed by atoms with van der Waals surface area (Å²) >= 11 is 0. The number of hydrogen-bond donors (Lipinski definition) is 3. The van der Waals surface area contributed by atoms with Gasteiger partial charge in [-0.1, -0.05) is 30.3 Å². The number of aromatic amines is 1. The van der Waals surface area contributed by atoms with Crippen LogP contribution in [-0.4, -0.2) is 38.9 Å². The SMILES string of the molecule is CC(=O)O.NCCCn1cc(-c2nc3c(ccc4ccccc43)[nH]c2=O)c2cc3c(cc21)OCO3. The number of fused-ring (bicyclic) bond motifs is 5. The number of carboxylic acid groups (broad SMARTS) is 1. The van der Waals surface area contributed by atoms with Crippen molar-refractivity contribution in [3.63, 3.8) is 0 Å².